The number of carbonyl (C=O) groups is 2. The van der Waals surface area contributed by atoms with Crippen molar-refractivity contribution < 1.29 is 27.5 Å². The zero-order valence-corrected chi connectivity index (χ0v) is 19.1. The van der Waals surface area contributed by atoms with Gasteiger partial charge in [0.05, 0.1) is 20.5 Å². The number of anilines is 1. The number of nitrogens with zero attached hydrogens (tertiary/aromatic N) is 2. The maximum atomic E-state index is 13.0. The molecule has 9 nitrogen and oxygen atoms in total. The molecule has 2 aromatic rings. The summed E-state index contributed by atoms with van der Waals surface area (Å²) in [4.78, 5) is 29.3. The van der Waals surface area contributed by atoms with Crippen LogP contribution in [0.3, 0.4) is 0 Å². The summed E-state index contributed by atoms with van der Waals surface area (Å²) in [5.41, 5.74) is 1.35. The summed E-state index contributed by atoms with van der Waals surface area (Å²) in [6.45, 7) is 1.87. The Hall–Kier alpha value is -3.27. The Kier molecular flexibility index (Phi) is 7.24. The van der Waals surface area contributed by atoms with Gasteiger partial charge in [0.15, 0.2) is 11.5 Å². The molecule has 1 aliphatic heterocycles. The van der Waals surface area contributed by atoms with E-state index >= 15 is 0 Å². The molecular formula is C22H27N3O6S. The Labute approximate surface area is 188 Å². The molecule has 1 heterocycles. The van der Waals surface area contributed by atoms with Crippen LogP contribution < -0.4 is 14.2 Å². The van der Waals surface area contributed by atoms with Gasteiger partial charge < -0.3 is 19.3 Å². The van der Waals surface area contributed by atoms with Gasteiger partial charge in [0, 0.05) is 43.0 Å². The van der Waals surface area contributed by atoms with Gasteiger partial charge in [-0.2, -0.15) is 0 Å². The first-order valence-corrected chi connectivity index (χ1v) is 12.0. The van der Waals surface area contributed by atoms with E-state index < -0.39 is 10.0 Å². The van der Waals surface area contributed by atoms with Gasteiger partial charge in [-0.05, 0) is 48.9 Å². The number of methoxy groups -OCH3 is 2. The average molecular weight is 462 g/mol. The molecule has 3 rings (SSSR count). The lowest BCUT2D eigenvalue weighted by molar-refractivity contribution is 0.0718. The van der Waals surface area contributed by atoms with Crippen molar-refractivity contribution in [1.29, 1.82) is 0 Å². The van der Waals surface area contributed by atoms with E-state index in [4.69, 9.17) is 9.47 Å². The minimum absolute atomic E-state index is 0.128. The molecule has 0 aromatic heterocycles. The molecule has 0 saturated carbocycles. The number of hydrogen-bond donors (Lipinski definition) is 1. The van der Waals surface area contributed by atoms with Crippen molar-refractivity contribution in [2.24, 2.45) is 0 Å². The van der Waals surface area contributed by atoms with Crippen molar-refractivity contribution in [3.05, 3.63) is 53.6 Å². The highest BCUT2D eigenvalue weighted by Crippen LogP contribution is 2.28. The second-order valence-electron chi connectivity index (χ2n) is 7.46. The van der Waals surface area contributed by atoms with Gasteiger partial charge in [-0.25, -0.2) is 8.42 Å². The average Bonchev–Trinajstić information content (AvgIpc) is 3.03. The summed E-state index contributed by atoms with van der Waals surface area (Å²) in [7, 11) is -0.323. The Morgan fingerprint density at radius 3 is 1.88 bits per heavy atom. The number of benzene rings is 2. The van der Waals surface area contributed by atoms with Gasteiger partial charge in [0.2, 0.25) is 10.0 Å². The second-order valence-corrected chi connectivity index (χ2v) is 9.21. The normalized spacial score (nSPS) is 14.5. The van der Waals surface area contributed by atoms with Gasteiger partial charge in [0.1, 0.15) is 0 Å². The van der Waals surface area contributed by atoms with Crippen LogP contribution in [0.15, 0.2) is 42.5 Å². The zero-order valence-electron chi connectivity index (χ0n) is 18.3. The van der Waals surface area contributed by atoms with Crippen LogP contribution in [0, 0.1) is 0 Å². The maximum absolute atomic E-state index is 13.0. The van der Waals surface area contributed by atoms with E-state index in [1.165, 1.54) is 14.2 Å². The first-order valence-electron chi connectivity index (χ1n) is 10.1. The lowest BCUT2D eigenvalue weighted by Crippen LogP contribution is -2.37. The van der Waals surface area contributed by atoms with Gasteiger partial charge >= 0.3 is 0 Å². The smallest absolute Gasteiger partial charge is 0.254 e. The number of hydrogen-bond acceptors (Lipinski definition) is 6. The summed E-state index contributed by atoms with van der Waals surface area (Å²) < 4.78 is 35.5. The van der Waals surface area contributed by atoms with Crippen LogP contribution in [0.25, 0.3) is 0 Å². The number of rotatable bonds is 6. The van der Waals surface area contributed by atoms with Crippen molar-refractivity contribution >= 4 is 27.5 Å². The van der Waals surface area contributed by atoms with Crippen molar-refractivity contribution in [2.75, 3.05) is 51.4 Å². The van der Waals surface area contributed by atoms with Gasteiger partial charge in [0.25, 0.3) is 11.8 Å². The molecule has 0 spiro atoms. The van der Waals surface area contributed by atoms with Crippen molar-refractivity contribution in [1.82, 2.24) is 9.80 Å². The highest BCUT2D eigenvalue weighted by molar-refractivity contribution is 7.92. The summed E-state index contributed by atoms with van der Waals surface area (Å²) in [5.74, 6) is 0.751. The molecule has 0 radical (unpaired) electrons. The molecule has 2 aromatic carbocycles. The van der Waals surface area contributed by atoms with E-state index in [1.807, 2.05) is 0 Å². The fourth-order valence-corrected chi connectivity index (χ4v) is 4.12. The van der Waals surface area contributed by atoms with E-state index in [1.54, 1.807) is 52.3 Å². The Morgan fingerprint density at radius 2 is 1.34 bits per heavy atom. The van der Waals surface area contributed by atoms with Crippen LogP contribution in [0.2, 0.25) is 0 Å². The molecule has 1 N–H and O–H groups in total. The predicted molar refractivity (Wildman–Crippen MR) is 121 cm³/mol. The first kappa shape index (κ1) is 23.4. The Morgan fingerprint density at radius 1 is 0.812 bits per heavy atom. The molecule has 1 aliphatic rings. The summed E-state index contributed by atoms with van der Waals surface area (Å²) in [6.07, 6.45) is 1.72. The molecule has 1 fully saturated rings. The topological polar surface area (TPSA) is 105 Å². The highest BCUT2D eigenvalue weighted by atomic mass is 32.2. The minimum atomic E-state index is -3.38. The molecule has 1 saturated heterocycles. The zero-order chi connectivity index (χ0) is 23.3. The van der Waals surface area contributed by atoms with E-state index in [2.05, 4.69) is 4.72 Å². The predicted octanol–water partition coefficient (Wildman–Crippen LogP) is 2.06. The van der Waals surface area contributed by atoms with Crippen LogP contribution in [0.5, 0.6) is 11.5 Å². The molecule has 32 heavy (non-hydrogen) atoms. The standard InChI is InChI=1S/C22H27N3O6S/c1-30-19-10-7-17(15-20(19)31-2)22(27)25-12-4-11-24(13-14-25)21(26)16-5-8-18(9-6-16)23-32(3,28)29/h5-10,15,23H,4,11-14H2,1-3H3. The van der Waals surface area contributed by atoms with Gasteiger partial charge in [-0.3, -0.25) is 14.3 Å². The number of ether oxygens (including phenoxy) is 2. The lowest BCUT2D eigenvalue weighted by Gasteiger charge is -2.22. The Bertz CT molecular complexity index is 1090. The monoisotopic (exact) mass is 461 g/mol. The summed E-state index contributed by atoms with van der Waals surface area (Å²) >= 11 is 0. The van der Waals surface area contributed by atoms with Crippen molar-refractivity contribution in [3.63, 3.8) is 0 Å². The van der Waals surface area contributed by atoms with E-state index in [-0.39, 0.29) is 11.8 Å². The lowest BCUT2D eigenvalue weighted by atomic mass is 10.1. The summed E-state index contributed by atoms with van der Waals surface area (Å²) in [6, 6.07) is 11.3. The third-order valence-electron chi connectivity index (χ3n) is 5.14. The molecule has 0 atom stereocenters. The van der Waals surface area contributed by atoms with Crippen LogP contribution >= 0.6 is 0 Å². The highest BCUT2D eigenvalue weighted by Gasteiger charge is 2.24. The van der Waals surface area contributed by atoms with Crippen molar-refractivity contribution in [3.8, 4) is 11.5 Å². The molecule has 10 heteroatoms. The van der Waals surface area contributed by atoms with Crippen LogP contribution in [-0.2, 0) is 10.0 Å². The molecule has 0 unspecified atom stereocenters. The van der Waals surface area contributed by atoms with E-state index in [0.717, 1.165) is 6.26 Å². The molecule has 0 aliphatic carbocycles. The third-order valence-corrected chi connectivity index (χ3v) is 5.74. The third kappa shape index (κ3) is 5.70. The van der Waals surface area contributed by atoms with Crippen molar-refractivity contribution in [2.45, 2.75) is 6.42 Å². The molecule has 0 bridgehead atoms. The number of sulfonamides is 1. The number of nitrogens with one attached hydrogen (secondary N) is 1. The van der Waals surface area contributed by atoms with Crippen LogP contribution in [0.4, 0.5) is 5.69 Å². The van der Waals surface area contributed by atoms with Gasteiger partial charge in [-0.15, -0.1) is 0 Å². The molecular weight excluding hydrogens is 434 g/mol. The quantitative estimate of drug-likeness (QED) is 0.706. The number of carbonyl (C=O) groups excluding carboxylic acids is 2. The Balaban J connectivity index is 1.65. The van der Waals surface area contributed by atoms with E-state index in [9.17, 15) is 18.0 Å². The van der Waals surface area contributed by atoms with E-state index in [0.29, 0.717) is 60.9 Å². The fraction of sp³-hybridized carbons (Fsp3) is 0.364. The fourth-order valence-electron chi connectivity index (χ4n) is 3.55. The number of amides is 2. The SMILES string of the molecule is COc1ccc(C(=O)N2CCCN(C(=O)c3ccc(NS(C)(=O)=O)cc3)CC2)cc1OC. The molecule has 172 valence electrons. The second kappa shape index (κ2) is 9.90. The maximum Gasteiger partial charge on any atom is 0.254 e. The minimum Gasteiger partial charge on any atom is -0.493 e. The first-order chi connectivity index (χ1) is 15.2. The van der Waals surface area contributed by atoms with Crippen LogP contribution in [-0.4, -0.2) is 76.7 Å². The van der Waals surface area contributed by atoms with Gasteiger partial charge in [-0.1, -0.05) is 0 Å². The van der Waals surface area contributed by atoms with Crippen LogP contribution in [0.1, 0.15) is 27.1 Å². The summed E-state index contributed by atoms with van der Waals surface area (Å²) in [5, 5.41) is 0. The molecule has 2 amide bonds. The largest absolute Gasteiger partial charge is 0.493 e.